The first-order valence-electron chi connectivity index (χ1n) is 8.40. The number of amides is 1. The average Bonchev–Trinajstić information content (AvgIpc) is 3.09. The summed E-state index contributed by atoms with van der Waals surface area (Å²) < 4.78 is 27.8. The van der Waals surface area contributed by atoms with Gasteiger partial charge in [0, 0.05) is 24.3 Å². The van der Waals surface area contributed by atoms with Gasteiger partial charge in [0.05, 0.1) is 5.69 Å². The first-order valence-corrected chi connectivity index (χ1v) is 8.40. The van der Waals surface area contributed by atoms with Crippen LogP contribution in [-0.2, 0) is 0 Å². The lowest BCUT2D eigenvalue weighted by atomic mass is 9.94. The van der Waals surface area contributed by atoms with Crippen LogP contribution in [0.5, 0.6) is 0 Å². The van der Waals surface area contributed by atoms with Crippen LogP contribution in [0.25, 0.3) is 11.3 Å². The number of rotatable bonds is 3. The van der Waals surface area contributed by atoms with Crippen LogP contribution < -0.4 is 0 Å². The maximum atomic E-state index is 13.4. The van der Waals surface area contributed by atoms with Crippen LogP contribution in [0.15, 0.2) is 30.7 Å². The Kier molecular flexibility index (Phi) is 4.92. The summed E-state index contributed by atoms with van der Waals surface area (Å²) in [5, 5.41) is 0. The second-order valence-electron chi connectivity index (χ2n) is 6.16. The molecular formula is C18H21F2N3O. The van der Waals surface area contributed by atoms with E-state index in [0.29, 0.717) is 17.8 Å². The van der Waals surface area contributed by atoms with E-state index in [1.165, 1.54) is 23.4 Å². The fourth-order valence-electron chi connectivity index (χ4n) is 3.32. The Bertz CT molecular complexity index is 723. The minimum Gasteiger partial charge on any atom is -0.321 e. The molecule has 1 heterocycles. The third-order valence-electron chi connectivity index (χ3n) is 4.62. The van der Waals surface area contributed by atoms with Gasteiger partial charge in [0.25, 0.3) is 0 Å². The maximum absolute atomic E-state index is 13.4. The molecule has 0 N–H and O–H groups in total. The second-order valence-corrected chi connectivity index (χ2v) is 6.16. The van der Waals surface area contributed by atoms with E-state index in [0.717, 1.165) is 37.8 Å². The van der Waals surface area contributed by atoms with Crippen molar-refractivity contribution in [2.45, 2.75) is 45.1 Å². The number of nitrogens with zero attached hydrogens (tertiary/aromatic N) is 3. The zero-order valence-corrected chi connectivity index (χ0v) is 13.7. The number of benzene rings is 1. The zero-order chi connectivity index (χ0) is 17.1. The van der Waals surface area contributed by atoms with E-state index in [2.05, 4.69) is 4.98 Å². The Morgan fingerprint density at radius 3 is 2.67 bits per heavy atom. The Morgan fingerprint density at radius 2 is 2.00 bits per heavy atom. The van der Waals surface area contributed by atoms with E-state index in [4.69, 9.17) is 0 Å². The van der Waals surface area contributed by atoms with Crippen LogP contribution in [0.3, 0.4) is 0 Å². The third-order valence-corrected chi connectivity index (χ3v) is 4.62. The van der Waals surface area contributed by atoms with E-state index < -0.39 is 11.6 Å². The summed E-state index contributed by atoms with van der Waals surface area (Å²) in [4.78, 5) is 18.8. The van der Waals surface area contributed by atoms with E-state index in [1.807, 2.05) is 11.8 Å². The fraction of sp³-hybridized carbons (Fsp3) is 0.444. The Labute approximate surface area is 140 Å². The molecule has 0 saturated heterocycles. The van der Waals surface area contributed by atoms with Gasteiger partial charge in [0.2, 0.25) is 0 Å². The summed E-state index contributed by atoms with van der Waals surface area (Å²) in [6.07, 6.45) is 8.60. The van der Waals surface area contributed by atoms with Crippen molar-refractivity contribution in [1.82, 2.24) is 14.5 Å². The molecule has 0 radical (unpaired) electrons. The summed E-state index contributed by atoms with van der Waals surface area (Å²) in [6.45, 7) is 2.61. The summed E-state index contributed by atoms with van der Waals surface area (Å²) in [7, 11) is 0. The molecule has 1 saturated carbocycles. The van der Waals surface area contributed by atoms with E-state index >= 15 is 0 Å². The van der Waals surface area contributed by atoms with Crippen molar-refractivity contribution in [2.24, 2.45) is 0 Å². The highest BCUT2D eigenvalue weighted by atomic mass is 19.2. The minimum atomic E-state index is -0.925. The summed E-state index contributed by atoms with van der Waals surface area (Å²) >= 11 is 0. The van der Waals surface area contributed by atoms with E-state index in [9.17, 15) is 13.6 Å². The maximum Gasteiger partial charge on any atom is 0.329 e. The predicted octanol–water partition coefficient (Wildman–Crippen LogP) is 4.45. The summed E-state index contributed by atoms with van der Waals surface area (Å²) in [6, 6.07) is 3.75. The van der Waals surface area contributed by atoms with Gasteiger partial charge in [-0.1, -0.05) is 19.3 Å². The van der Waals surface area contributed by atoms with Crippen molar-refractivity contribution in [2.75, 3.05) is 6.54 Å². The molecule has 1 aromatic heterocycles. The number of halogens is 2. The molecule has 0 bridgehead atoms. The van der Waals surface area contributed by atoms with Gasteiger partial charge in [0.15, 0.2) is 11.6 Å². The van der Waals surface area contributed by atoms with Gasteiger partial charge in [-0.25, -0.2) is 18.6 Å². The molecule has 1 aromatic carbocycles. The van der Waals surface area contributed by atoms with E-state index in [1.54, 1.807) is 6.20 Å². The molecule has 2 aromatic rings. The molecule has 24 heavy (non-hydrogen) atoms. The van der Waals surface area contributed by atoms with Gasteiger partial charge in [-0.2, -0.15) is 0 Å². The Hall–Kier alpha value is -2.24. The molecule has 0 unspecified atom stereocenters. The first-order chi connectivity index (χ1) is 11.6. The number of hydrogen-bond donors (Lipinski definition) is 0. The highest BCUT2D eigenvalue weighted by Gasteiger charge is 2.25. The normalized spacial score (nSPS) is 15.5. The summed E-state index contributed by atoms with van der Waals surface area (Å²) in [5.41, 5.74) is 0.892. The topological polar surface area (TPSA) is 38.1 Å². The van der Waals surface area contributed by atoms with Crippen molar-refractivity contribution in [3.63, 3.8) is 0 Å². The SMILES string of the molecule is CCN(C(=O)n1cnc(-c2ccc(F)c(F)c2)c1)C1CCCCC1. The largest absolute Gasteiger partial charge is 0.329 e. The van der Waals surface area contributed by atoms with Gasteiger partial charge < -0.3 is 4.90 Å². The Balaban J connectivity index is 1.80. The van der Waals surface area contributed by atoms with Crippen LogP contribution in [0.1, 0.15) is 39.0 Å². The smallest absolute Gasteiger partial charge is 0.321 e. The quantitative estimate of drug-likeness (QED) is 0.832. The highest BCUT2D eigenvalue weighted by Crippen LogP contribution is 2.24. The standard InChI is InChI=1S/C18H21F2N3O/c1-2-23(14-6-4-3-5-7-14)18(24)22-11-17(21-12-22)13-8-9-15(19)16(20)10-13/h8-12,14H,2-7H2,1H3. The minimum absolute atomic E-state index is 0.120. The number of carbonyl (C=O) groups is 1. The molecule has 3 rings (SSSR count). The molecule has 6 heteroatoms. The van der Waals surface area contributed by atoms with Gasteiger partial charge in [-0.05, 0) is 38.0 Å². The molecule has 1 aliphatic carbocycles. The summed E-state index contributed by atoms with van der Waals surface area (Å²) in [5.74, 6) is -1.82. The predicted molar refractivity (Wildman–Crippen MR) is 87.6 cm³/mol. The fourth-order valence-corrected chi connectivity index (χ4v) is 3.32. The van der Waals surface area contributed by atoms with Crippen molar-refractivity contribution in [1.29, 1.82) is 0 Å². The van der Waals surface area contributed by atoms with E-state index in [-0.39, 0.29) is 12.1 Å². The van der Waals surface area contributed by atoms with Crippen molar-refractivity contribution < 1.29 is 13.6 Å². The average molecular weight is 333 g/mol. The number of aromatic nitrogens is 2. The van der Waals surface area contributed by atoms with Crippen molar-refractivity contribution in [3.05, 3.63) is 42.4 Å². The van der Waals surface area contributed by atoms with Gasteiger partial charge in [-0.15, -0.1) is 0 Å². The molecule has 1 fully saturated rings. The number of hydrogen-bond acceptors (Lipinski definition) is 2. The molecular weight excluding hydrogens is 312 g/mol. The third kappa shape index (κ3) is 3.32. The number of imidazole rings is 1. The highest BCUT2D eigenvalue weighted by molar-refractivity contribution is 5.78. The van der Waals surface area contributed by atoms with Crippen LogP contribution in [0.2, 0.25) is 0 Å². The first kappa shape index (κ1) is 16.6. The molecule has 0 aliphatic heterocycles. The lowest BCUT2D eigenvalue weighted by molar-refractivity contribution is 0.161. The molecule has 128 valence electrons. The lowest BCUT2D eigenvalue weighted by Gasteiger charge is -2.33. The van der Waals surface area contributed by atoms with Crippen LogP contribution in [0, 0.1) is 11.6 Å². The molecule has 1 amide bonds. The molecule has 0 spiro atoms. The molecule has 0 atom stereocenters. The van der Waals surface area contributed by atoms with Crippen LogP contribution in [-0.4, -0.2) is 33.1 Å². The Morgan fingerprint density at radius 1 is 1.25 bits per heavy atom. The molecule has 4 nitrogen and oxygen atoms in total. The zero-order valence-electron chi connectivity index (χ0n) is 13.7. The van der Waals surface area contributed by atoms with Gasteiger partial charge >= 0.3 is 6.03 Å². The van der Waals surface area contributed by atoms with Crippen molar-refractivity contribution in [3.8, 4) is 11.3 Å². The van der Waals surface area contributed by atoms with Crippen LogP contribution >= 0.6 is 0 Å². The lowest BCUT2D eigenvalue weighted by Crippen LogP contribution is -2.43. The van der Waals surface area contributed by atoms with Crippen LogP contribution in [0.4, 0.5) is 13.6 Å². The van der Waals surface area contributed by atoms with Crippen molar-refractivity contribution >= 4 is 6.03 Å². The number of carbonyl (C=O) groups excluding carboxylic acids is 1. The van der Waals surface area contributed by atoms with Gasteiger partial charge in [-0.3, -0.25) is 4.57 Å². The monoisotopic (exact) mass is 333 g/mol. The second kappa shape index (κ2) is 7.11. The molecule has 1 aliphatic rings. The van der Waals surface area contributed by atoms with Gasteiger partial charge in [0.1, 0.15) is 6.33 Å².